The summed E-state index contributed by atoms with van der Waals surface area (Å²) in [7, 11) is 0. The van der Waals surface area contributed by atoms with Crippen LogP contribution in [-0.4, -0.2) is 43.7 Å². The molecule has 1 aliphatic heterocycles. The molecule has 2 aromatic carbocycles. The highest BCUT2D eigenvalue weighted by Crippen LogP contribution is 2.27. The molecule has 0 spiro atoms. The minimum atomic E-state index is 0.00132. The molecule has 26 heavy (non-hydrogen) atoms. The van der Waals surface area contributed by atoms with Gasteiger partial charge in [-0.2, -0.15) is 0 Å². The lowest BCUT2D eigenvalue weighted by atomic mass is 10.1. The van der Waals surface area contributed by atoms with Crippen molar-refractivity contribution in [2.24, 2.45) is 0 Å². The second-order valence-corrected chi connectivity index (χ2v) is 7.31. The monoisotopic (exact) mass is 391 g/mol. The highest BCUT2D eigenvalue weighted by Gasteiger charge is 2.22. The molecule has 1 saturated heterocycles. The van der Waals surface area contributed by atoms with Crippen LogP contribution in [0.4, 0.5) is 10.5 Å². The van der Waals surface area contributed by atoms with E-state index in [-0.39, 0.29) is 6.03 Å². The summed E-state index contributed by atoms with van der Waals surface area (Å²) in [6, 6.07) is 13.7. The van der Waals surface area contributed by atoms with Crippen molar-refractivity contribution in [2.75, 3.05) is 37.6 Å². The maximum Gasteiger partial charge on any atom is 0.317 e. The van der Waals surface area contributed by atoms with Crippen LogP contribution in [0.5, 0.6) is 0 Å². The van der Waals surface area contributed by atoms with Crippen molar-refractivity contribution in [3.05, 3.63) is 63.6 Å². The van der Waals surface area contributed by atoms with Crippen LogP contribution in [0.15, 0.2) is 42.5 Å². The zero-order valence-corrected chi connectivity index (χ0v) is 16.4. The molecule has 1 fully saturated rings. The molecular formula is C20H23Cl2N3O. The molecule has 0 aliphatic carbocycles. The first-order valence-electron chi connectivity index (χ1n) is 8.82. The Morgan fingerprint density at radius 1 is 1.04 bits per heavy atom. The smallest absolute Gasteiger partial charge is 0.317 e. The van der Waals surface area contributed by atoms with Crippen molar-refractivity contribution in [3.8, 4) is 0 Å². The predicted molar refractivity (Wildman–Crippen MR) is 109 cm³/mol. The number of benzene rings is 2. The fourth-order valence-corrected chi connectivity index (χ4v) is 3.46. The van der Waals surface area contributed by atoms with E-state index in [1.807, 2.05) is 48.2 Å². The number of hydrogen-bond acceptors (Lipinski definition) is 2. The molecule has 1 aliphatic rings. The van der Waals surface area contributed by atoms with Gasteiger partial charge < -0.3 is 15.1 Å². The summed E-state index contributed by atoms with van der Waals surface area (Å²) in [6.45, 7) is 5.69. The number of anilines is 1. The first-order valence-corrected chi connectivity index (χ1v) is 9.57. The number of nitrogens with zero attached hydrogens (tertiary/aromatic N) is 2. The number of carbonyl (C=O) groups excluding carboxylic acids is 1. The highest BCUT2D eigenvalue weighted by molar-refractivity contribution is 6.31. The Morgan fingerprint density at radius 2 is 1.73 bits per heavy atom. The van der Waals surface area contributed by atoms with Gasteiger partial charge in [-0.1, -0.05) is 41.4 Å². The van der Waals surface area contributed by atoms with Crippen LogP contribution in [-0.2, 0) is 6.42 Å². The third kappa shape index (κ3) is 4.63. The first kappa shape index (κ1) is 18.9. The predicted octanol–water partition coefficient (Wildman–Crippen LogP) is 4.38. The molecule has 0 radical (unpaired) electrons. The molecule has 0 atom stereocenters. The van der Waals surface area contributed by atoms with Crippen molar-refractivity contribution >= 4 is 34.9 Å². The van der Waals surface area contributed by atoms with E-state index in [2.05, 4.69) is 16.3 Å². The van der Waals surface area contributed by atoms with E-state index in [0.717, 1.165) is 46.4 Å². The maximum absolute atomic E-state index is 12.4. The normalized spacial score (nSPS) is 14.4. The third-order valence-electron chi connectivity index (χ3n) is 4.75. The van der Waals surface area contributed by atoms with Crippen LogP contribution in [0.25, 0.3) is 0 Å². The molecule has 0 bridgehead atoms. The number of piperazine rings is 1. The van der Waals surface area contributed by atoms with E-state index in [1.54, 1.807) is 0 Å². The van der Waals surface area contributed by atoms with E-state index in [9.17, 15) is 4.79 Å². The lowest BCUT2D eigenvalue weighted by molar-refractivity contribution is 0.194. The quantitative estimate of drug-likeness (QED) is 0.839. The molecule has 138 valence electrons. The molecule has 0 unspecified atom stereocenters. The molecule has 1 heterocycles. The van der Waals surface area contributed by atoms with Gasteiger partial charge in [0, 0.05) is 48.5 Å². The van der Waals surface area contributed by atoms with Gasteiger partial charge in [0.1, 0.15) is 0 Å². The van der Waals surface area contributed by atoms with Crippen molar-refractivity contribution < 1.29 is 4.79 Å². The number of urea groups is 1. The Bertz CT molecular complexity index is 756. The van der Waals surface area contributed by atoms with Gasteiger partial charge in [-0.3, -0.25) is 0 Å². The van der Waals surface area contributed by atoms with Gasteiger partial charge in [-0.05, 0) is 48.7 Å². The number of amides is 2. The van der Waals surface area contributed by atoms with E-state index in [1.165, 1.54) is 0 Å². The Labute approximate surface area is 164 Å². The molecule has 0 aromatic heterocycles. The van der Waals surface area contributed by atoms with Crippen LogP contribution in [0.2, 0.25) is 10.0 Å². The molecule has 3 rings (SSSR count). The fourth-order valence-electron chi connectivity index (χ4n) is 3.17. The number of hydrogen-bond donors (Lipinski definition) is 1. The van der Waals surface area contributed by atoms with Gasteiger partial charge in [0.25, 0.3) is 0 Å². The summed E-state index contributed by atoms with van der Waals surface area (Å²) in [5.41, 5.74) is 3.41. The van der Waals surface area contributed by atoms with Crippen LogP contribution >= 0.6 is 23.2 Å². The molecular weight excluding hydrogens is 369 g/mol. The lowest BCUT2D eigenvalue weighted by Gasteiger charge is -2.36. The summed E-state index contributed by atoms with van der Waals surface area (Å²) in [4.78, 5) is 16.5. The van der Waals surface area contributed by atoms with Gasteiger partial charge in [0.05, 0.1) is 0 Å². The van der Waals surface area contributed by atoms with E-state index in [0.29, 0.717) is 19.6 Å². The van der Waals surface area contributed by atoms with E-state index < -0.39 is 0 Å². The highest BCUT2D eigenvalue weighted by atomic mass is 35.5. The van der Waals surface area contributed by atoms with Crippen LogP contribution in [0.1, 0.15) is 11.1 Å². The lowest BCUT2D eigenvalue weighted by Crippen LogP contribution is -2.52. The zero-order valence-electron chi connectivity index (χ0n) is 14.8. The Morgan fingerprint density at radius 3 is 2.42 bits per heavy atom. The summed E-state index contributed by atoms with van der Waals surface area (Å²) in [6.07, 6.45) is 0.796. The van der Waals surface area contributed by atoms with Crippen molar-refractivity contribution in [2.45, 2.75) is 13.3 Å². The summed E-state index contributed by atoms with van der Waals surface area (Å²) in [5.74, 6) is 0. The number of rotatable bonds is 4. The Kier molecular flexibility index (Phi) is 6.28. The maximum atomic E-state index is 12.4. The number of halogens is 2. The molecule has 6 heteroatoms. The van der Waals surface area contributed by atoms with E-state index >= 15 is 0 Å². The second-order valence-electron chi connectivity index (χ2n) is 6.47. The third-order valence-corrected chi connectivity index (χ3v) is 5.41. The standard InChI is InChI=1S/C20H23Cl2N3O/c1-15-18(22)3-2-4-19(15)24-11-13-25(14-12-24)20(26)23-10-9-16-5-7-17(21)8-6-16/h2-8H,9-14H2,1H3,(H,23,26). The Balaban J connectivity index is 1.46. The molecule has 2 amide bonds. The van der Waals surface area contributed by atoms with Crippen molar-refractivity contribution in [1.82, 2.24) is 10.2 Å². The number of nitrogens with one attached hydrogen (secondary N) is 1. The van der Waals surface area contributed by atoms with Crippen molar-refractivity contribution in [3.63, 3.8) is 0 Å². The van der Waals surface area contributed by atoms with Gasteiger partial charge >= 0.3 is 6.03 Å². The molecule has 2 aromatic rings. The summed E-state index contributed by atoms with van der Waals surface area (Å²) in [5, 5.41) is 4.51. The van der Waals surface area contributed by atoms with Crippen LogP contribution < -0.4 is 10.2 Å². The van der Waals surface area contributed by atoms with Gasteiger partial charge in [0.2, 0.25) is 0 Å². The zero-order chi connectivity index (χ0) is 18.5. The largest absolute Gasteiger partial charge is 0.368 e. The molecule has 4 nitrogen and oxygen atoms in total. The number of carbonyl (C=O) groups is 1. The average molecular weight is 392 g/mol. The average Bonchev–Trinajstić information content (AvgIpc) is 2.66. The topological polar surface area (TPSA) is 35.6 Å². The van der Waals surface area contributed by atoms with Crippen molar-refractivity contribution in [1.29, 1.82) is 0 Å². The minimum Gasteiger partial charge on any atom is -0.368 e. The molecule has 1 N–H and O–H groups in total. The SMILES string of the molecule is Cc1c(Cl)cccc1N1CCN(C(=O)NCCc2ccc(Cl)cc2)CC1. The van der Waals surface area contributed by atoms with Crippen LogP contribution in [0.3, 0.4) is 0 Å². The second kappa shape index (κ2) is 8.65. The fraction of sp³-hybridized carbons (Fsp3) is 0.350. The Hall–Kier alpha value is -1.91. The summed E-state index contributed by atoms with van der Waals surface area (Å²) < 4.78 is 0. The van der Waals surface area contributed by atoms with E-state index in [4.69, 9.17) is 23.2 Å². The first-order chi connectivity index (χ1) is 12.5. The van der Waals surface area contributed by atoms with Gasteiger partial charge in [0.15, 0.2) is 0 Å². The van der Waals surface area contributed by atoms with Gasteiger partial charge in [-0.15, -0.1) is 0 Å². The summed E-state index contributed by atoms with van der Waals surface area (Å²) >= 11 is 12.1. The molecule has 0 saturated carbocycles. The van der Waals surface area contributed by atoms with Gasteiger partial charge in [-0.25, -0.2) is 4.79 Å². The van der Waals surface area contributed by atoms with Crippen LogP contribution in [0, 0.1) is 6.92 Å². The minimum absolute atomic E-state index is 0.00132.